The van der Waals surface area contributed by atoms with E-state index in [1.165, 1.54) is 10.7 Å². The third-order valence-electron chi connectivity index (χ3n) is 6.90. The Kier molecular flexibility index (Phi) is 8.14. The summed E-state index contributed by atoms with van der Waals surface area (Å²) < 4.78 is 8.39. The molecule has 10 heteroatoms. The van der Waals surface area contributed by atoms with Gasteiger partial charge in [-0.2, -0.15) is 5.10 Å². The molecule has 0 radical (unpaired) electrons. The second kappa shape index (κ2) is 12.1. The molecule has 2 aromatic heterocycles. The van der Waals surface area contributed by atoms with Crippen molar-refractivity contribution in [2.45, 2.75) is 26.4 Å². The van der Waals surface area contributed by atoms with Gasteiger partial charge in [-0.3, -0.25) is 9.59 Å². The number of likely N-dealkylation sites (N-methyl/N-ethyl adjacent to an activating group) is 1. The van der Waals surface area contributed by atoms with E-state index in [1.807, 2.05) is 53.1 Å². The van der Waals surface area contributed by atoms with Crippen LogP contribution >= 0.6 is 0 Å². The number of imidazole rings is 1. The first-order valence-electron chi connectivity index (χ1n) is 13.6. The number of nitrogens with two attached hydrogens (primary N) is 1. The Morgan fingerprint density at radius 2 is 1.67 bits per heavy atom. The van der Waals surface area contributed by atoms with Crippen molar-refractivity contribution in [2.24, 2.45) is 0 Å². The number of carbonyl (C=O) groups is 2. The lowest BCUT2D eigenvalue weighted by Gasteiger charge is -2.12. The van der Waals surface area contributed by atoms with Gasteiger partial charge in [-0.05, 0) is 60.0 Å². The minimum Gasteiger partial charge on any atom is -0.462 e. The van der Waals surface area contributed by atoms with Crippen LogP contribution in [0, 0.1) is 0 Å². The Hall–Kier alpha value is -5.25. The Bertz CT molecular complexity index is 1840. The van der Waals surface area contributed by atoms with Crippen LogP contribution in [0.25, 0.3) is 22.3 Å². The Morgan fingerprint density at radius 1 is 0.905 bits per heavy atom. The molecule has 0 aliphatic rings. The number of nitrogens with zero attached hydrogens (tertiary/aromatic N) is 5. The Morgan fingerprint density at radius 3 is 2.43 bits per heavy atom. The number of fused-ring (bicyclic) bond motifs is 1. The molecule has 0 unspecified atom stereocenters. The molecule has 0 saturated carbocycles. The quantitative estimate of drug-likeness (QED) is 0.270. The summed E-state index contributed by atoms with van der Waals surface area (Å²) in [6, 6.07) is 23.8. The van der Waals surface area contributed by atoms with Gasteiger partial charge < -0.3 is 19.9 Å². The van der Waals surface area contributed by atoms with Gasteiger partial charge in [0.2, 0.25) is 11.9 Å². The number of amides is 1. The van der Waals surface area contributed by atoms with E-state index < -0.39 is 5.97 Å². The van der Waals surface area contributed by atoms with E-state index in [1.54, 1.807) is 50.2 Å². The maximum absolute atomic E-state index is 12.7. The highest BCUT2D eigenvalue weighted by atomic mass is 16.5. The third kappa shape index (κ3) is 6.22. The first-order valence-corrected chi connectivity index (χ1v) is 13.6. The van der Waals surface area contributed by atoms with E-state index in [4.69, 9.17) is 10.5 Å². The van der Waals surface area contributed by atoms with Gasteiger partial charge in [0.25, 0.3) is 5.56 Å². The molecule has 0 aliphatic heterocycles. The maximum Gasteiger partial charge on any atom is 0.338 e. The number of benzene rings is 3. The van der Waals surface area contributed by atoms with Crippen molar-refractivity contribution in [3.63, 3.8) is 0 Å². The molecule has 0 saturated heterocycles. The highest BCUT2D eigenvalue weighted by molar-refractivity contribution is 5.89. The summed E-state index contributed by atoms with van der Waals surface area (Å²) in [5.74, 6) is -0.0142. The van der Waals surface area contributed by atoms with E-state index in [0.717, 1.165) is 33.3 Å². The number of hydrogen-bond donors (Lipinski definition) is 1. The molecule has 0 spiro atoms. The van der Waals surface area contributed by atoms with Gasteiger partial charge in [-0.1, -0.05) is 36.4 Å². The molecule has 0 atom stereocenters. The fraction of sp³-hybridized carbons (Fsp3) is 0.219. The van der Waals surface area contributed by atoms with Gasteiger partial charge in [0, 0.05) is 25.7 Å². The lowest BCUT2D eigenvalue weighted by Crippen LogP contribution is -2.23. The zero-order valence-electron chi connectivity index (χ0n) is 23.8. The molecule has 10 nitrogen and oxygen atoms in total. The monoisotopic (exact) mass is 564 g/mol. The molecule has 214 valence electrons. The lowest BCUT2D eigenvalue weighted by atomic mass is 10.1. The van der Waals surface area contributed by atoms with Crippen molar-refractivity contribution in [3.05, 3.63) is 111 Å². The van der Waals surface area contributed by atoms with E-state index >= 15 is 0 Å². The molecule has 0 fully saturated rings. The van der Waals surface area contributed by atoms with Gasteiger partial charge in [-0.25, -0.2) is 14.5 Å². The normalized spacial score (nSPS) is 11.0. The van der Waals surface area contributed by atoms with Crippen LogP contribution in [0.15, 0.2) is 83.7 Å². The number of ether oxygens (including phenoxy) is 1. The molecule has 0 bridgehead atoms. The highest BCUT2D eigenvalue weighted by Gasteiger charge is 2.13. The molecule has 2 N–H and O–H groups in total. The number of carbonyl (C=O) groups excluding carboxylic acids is 2. The SMILES string of the molecule is CCOC(=O)c1cccc(Cn2nc(-c3cccc(Cn4c(N)nc5ccc(CC(=O)N(C)C)cc54)c3)ccc2=O)c1. The lowest BCUT2D eigenvalue weighted by molar-refractivity contribution is -0.127. The molecule has 2 heterocycles. The third-order valence-corrected chi connectivity index (χ3v) is 6.90. The molecule has 5 rings (SSSR count). The highest BCUT2D eigenvalue weighted by Crippen LogP contribution is 2.24. The molecule has 1 amide bonds. The summed E-state index contributed by atoms with van der Waals surface area (Å²) in [6.07, 6.45) is 0.290. The topological polar surface area (TPSA) is 125 Å². The van der Waals surface area contributed by atoms with Crippen LogP contribution in [0.3, 0.4) is 0 Å². The smallest absolute Gasteiger partial charge is 0.338 e. The molecular formula is C32H32N6O4. The predicted molar refractivity (Wildman–Crippen MR) is 161 cm³/mol. The van der Waals surface area contributed by atoms with Crippen LogP contribution < -0.4 is 11.3 Å². The number of esters is 1. The van der Waals surface area contributed by atoms with Gasteiger partial charge in [0.1, 0.15) is 0 Å². The Balaban J connectivity index is 1.41. The molecule has 5 aromatic rings. The molecule has 42 heavy (non-hydrogen) atoms. The van der Waals surface area contributed by atoms with Crippen molar-refractivity contribution < 1.29 is 14.3 Å². The zero-order chi connectivity index (χ0) is 29.8. The summed E-state index contributed by atoms with van der Waals surface area (Å²) in [6.45, 7) is 2.70. The fourth-order valence-electron chi connectivity index (χ4n) is 4.71. The standard InChI is InChI=1S/C32H32N6O4/c1-4-42-31(41)25-10-6-8-23(16-25)20-38-29(39)14-13-26(35-38)24-9-5-7-22(15-24)19-37-28-17-21(18-30(40)36(2)3)11-12-27(28)34-32(37)33/h5-17H,4,18-20H2,1-3H3,(H2,33,34). The van der Waals surface area contributed by atoms with Crippen molar-refractivity contribution in [2.75, 3.05) is 26.4 Å². The molecular weight excluding hydrogens is 532 g/mol. The summed E-state index contributed by atoms with van der Waals surface area (Å²) in [5, 5.41) is 4.62. The van der Waals surface area contributed by atoms with Crippen LogP contribution in [0.4, 0.5) is 5.95 Å². The number of rotatable bonds is 9. The minimum atomic E-state index is -0.408. The van der Waals surface area contributed by atoms with Crippen LogP contribution in [-0.2, 0) is 29.0 Å². The summed E-state index contributed by atoms with van der Waals surface area (Å²) in [5.41, 5.74) is 12.2. The number of nitrogen functional groups attached to an aromatic ring is 1. The van der Waals surface area contributed by atoms with Crippen molar-refractivity contribution >= 4 is 28.9 Å². The summed E-state index contributed by atoms with van der Waals surface area (Å²) >= 11 is 0. The second-order valence-electron chi connectivity index (χ2n) is 10.2. The first kappa shape index (κ1) is 28.3. The van der Waals surface area contributed by atoms with Crippen LogP contribution in [0.2, 0.25) is 0 Å². The minimum absolute atomic E-state index is 0.0154. The number of hydrogen-bond acceptors (Lipinski definition) is 7. The van der Waals surface area contributed by atoms with Gasteiger partial charge >= 0.3 is 5.97 Å². The first-order chi connectivity index (χ1) is 20.2. The van der Waals surface area contributed by atoms with E-state index in [9.17, 15) is 14.4 Å². The van der Waals surface area contributed by atoms with Crippen LogP contribution in [0.1, 0.15) is 34.0 Å². The number of anilines is 1. The zero-order valence-corrected chi connectivity index (χ0v) is 23.8. The van der Waals surface area contributed by atoms with Crippen LogP contribution in [-0.4, -0.2) is 56.8 Å². The van der Waals surface area contributed by atoms with E-state index in [2.05, 4.69) is 10.1 Å². The molecule has 0 aliphatic carbocycles. The summed E-state index contributed by atoms with van der Waals surface area (Å²) in [4.78, 5) is 43.1. The van der Waals surface area contributed by atoms with Crippen LogP contribution in [0.5, 0.6) is 0 Å². The average molecular weight is 565 g/mol. The van der Waals surface area contributed by atoms with E-state index in [0.29, 0.717) is 23.8 Å². The Labute approximate surface area is 243 Å². The number of aromatic nitrogens is 4. The van der Waals surface area contributed by atoms with Gasteiger partial charge in [0.15, 0.2) is 0 Å². The van der Waals surface area contributed by atoms with Gasteiger partial charge in [-0.15, -0.1) is 0 Å². The molecule has 3 aromatic carbocycles. The summed E-state index contributed by atoms with van der Waals surface area (Å²) in [7, 11) is 3.47. The predicted octanol–water partition coefficient (Wildman–Crippen LogP) is 3.75. The van der Waals surface area contributed by atoms with Gasteiger partial charge in [0.05, 0.1) is 48.4 Å². The second-order valence-corrected chi connectivity index (χ2v) is 10.2. The maximum atomic E-state index is 12.7. The van der Waals surface area contributed by atoms with Crippen molar-refractivity contribution in [1.82, 2.24) is 24.2 Å². The fourth-order valence-corrected chi connectivity index (χ4v) is 4.71. The average Bonchev–Trinajstić information content (AvgIpc) is 3.28. The van der Waals surface area contributed by atoms with Crippen molar-refractivity contribution in [1.29, 1.82) is 0 Å². The largest absolute Gasteiger partial charge is 0.462 e. The van der Waals surface area contributed by atoms with Crippen molar-refractivity contribution in [3.8, 4) is 11.3 Å². The van der Waals surface area contributed by atoms with E-state index in [-0.39, 0.29) is 31.0 Å².